The first-order chi connectivity index (χ1) is 11.0. The van der Waals surface area contributed by atoms with Gasteiger partial charge in [0.05, 0.1) is 11.3 Å². The molecule has 120 valence electrons. The Balaban J connectivity index is 2.07. The van der Waals surface area contributed by atoms with Gasteiger partial charge in [-0.05, 0) is 24.6 Å². The number of anilines is 1. The van der Waals surface area contributed by atoms with Crippen molar-refractivity contribution in [3.63, 3.8) is 0 Å². The Bertz CT molecular complexity index is 700. The Kier molecular flexibility index (Phi) is 6.02. The molecule has 0 bridgehead atoms. The normalized spacial score (nSPS) is 10.4. The Hall–Kier alpha value is -2.04. The van der Waals surface area contributed by atoms with Crippen molar-refractivity contribution < 1.29 is 9.59 Å². The summed E-state index contributed by atoms with van der Waals surface area (Å²) < 4.78 is 0. The van der Waals surface area contributed by atoms with Gasteiger partial charge in [0, 0.05) is 6.54 Å². The van der Waals surface area contributed by atoms with Crippen molar-refractivity contribution in [3.05, 3.63) is 65.2 Å². The zero-order valence-electron chi connectivity index (χ0n) is 12.5. The second-order valence-electron chi connectivity index (χ2n) is 5.00. The van der Waals surface area contributed by atoms with Crippen molar-refractivity contribution in [3.8, 4) is 0 Å². The van der Waals surface area contributed by atoms with Crippen LogP contribution in [0.15, 0.2) is 48.5 Å². The number of aryl methyl sites for hydroxylation is 1. The maximum absolute atomic E-state index is 12.3. The minimum atomic E-state index is -1.20. The molecular formula is C17H16Cl2N2O2. The number of rotatable bonds is 5. The third kappa shape index (κ3) is 4.98. The molecule has 0 saturated heterocycles. The molecule has 2 amide bonds. The summed E-state index contributed by atoms with van der Waals surface area (Å²) in [5, 5.41) is 5.35. The fourth-order valence-electron chi connectivity index (χ4n) is 1.96. The zero-order valence-corrected chi connectivity index (χ0v) is 14.0. The van der Waals surface area contributed by atoms with Gasteiger partial charge in [-0.1, -0.05) is 65.2 Å². The van der Waals surface area contributed by atoms with Gasteiger partial charge in [-0.2, -0.15) is 0 Å². The molecule has 0 heterocycles. The number of alkyl halides is 2. The first-order valence-electron chi connectivity index (χ1n) is 6.99. The first-order valence-corrected chi connectivity index (χ1v) is 7.86. The first kappa shape index (κ1) is 17.3. The van der Waals surface area contributed by atoms with Crippen molar-refractivity contribution in [2.75, 3.05) is 5.32 Å². The molecule has 2 rings (SSSR count). The maximum Gasteiger partial charge on any atom is 0.257 e. The molecule has 0 unspecified atom stereocenters. The van der Waals surface area contributed by atoms with E-state index in [1.807, 2.05) is 31.2 Å². The molecule has 23 heavy (non-hydrogen) atoms. The van der Waals surface area contributed by atoms with Gasteiger partial charge in [0.15, 0.2) is 4.84 Å². The molecule has 2 aromatic rings. The van der Waals surface area contributed by atoms with Crippen LogP contribution in [0.1, 0.15) is 21.5 Å². The van der Waals surface area contributed by atoms with Crippen LogP contribution in [-0.2, 0) is 11.3 Å². The summed E-state index contributed by atoms with van der Waals surface area (Å²) in [6.45, 7) is 2.40. The number of halogens is 2. The summed E-state index contributed by atoms with van der Waals surface area (Å²) >= 11 is 11.0. The van der Waals surface area contributed by atoms with E-state index in [1.165, 1.54) is 0 Å². The number of para-hydroxylation sites is 1. The lowest BCUT2D eigenvalue weighted by molar-refractivity contribution is -0.114. The highest BCUT2D eigenvalue weighted by atomic mass is 35.5. The van der Waals surface area contributed by atoms with E-state index in [4.69, 9.17) is 23.2 Å². The number of amides is 2. The van der Waals surface area contributed by atoms with Gasteiger partial charge in [-0.3, -0.25) is 9.59 Å². The lowest BCUT2D eigenvalue weighted by Gasteiger charge is -2.12. The van der Waals surface area contributed by atoms with Crippen LogP contribution in [-0.4, -0.2) is 16.7 Å². The van der Waals surface area contributed by atoms with Crippen LogP contribution in [0.3, 0.4) is 0 Å². The van der Waals surface area contributed by atoms with Gasteiger partial charge in [0.2, 0.25) is 0 Å². The van der Waals surface area contributed by atoms with Crippen LogP contribution in [0.4, 0.5) is 5.69 Å². The number of carbonyl (C=O) groups is 2. The van der Waals surface area contributed by atoms with Gasteiger partial charge in [-0.15, -0.1) is 0 Å². The van der Waals surface area contributed by atoms with E-state index in [9.17, 15) is 9.59 Å². The summed E-state index contributed by atoms with van der Waals surface area (Å²) in [5.41, 5.74) is 2.86. The number of hydrogen-bond acceptors (Lipinski definition) is 2. The zero-order chi connectivity index (χ0) is 16.8. The van der Waals surface area contributed by atoms with E-state index in [0.717, 1.165) is 11.1 Å². The van der Waals surface area contributed by atoms with Crippen molar-refractivity contribution in [2.24, 2.45) is 0 Å². The predicted octanol–water partition coefficient (Wildman–Crippen LogP) is 3.67. The largest absolute Gasteiger partial charge is 0.348 e. The molecule has 0 aliphatic rings. The predicted molar refractivity (Wildman–Crippen MR) is 92.9 cm³/mol. The fourth-order valence-corrected chi connectivity index (χ4v) is 2.07. The van der Waals surface area contributed by atoms with Crippen molar-refractivity contribution in [1.29, 1.82) is 0 Å². The fraction of sp³-hybridized carbons (Fsp3) is 0.176. The maximum atomic E-state index is 12.3. The van der Waals surface area contributed by atoms with Crippen LogP contribution in [0, 0.1) is 6.92 Å². The van der Waals surface area contributed by atoms with Crippen molar-refractivity contribution in [2.45, 2.75) is 18.3 Å². The standard InChI is InChI=1S/C17H16Cl2N2O2/c1-11-6-8-12(9-7-11)10-20-16(22)13-4-2-3-5-14(13)21-17(23)15(18)19/h2-9,15H,10H2,1H3,(H,20,22)(H,21,23). The van der Waals surface area contributed by atoms with Gasteiger partial charge < -0.3 is 10.6 Å². The van der Waals surface area contributed by atoms with Crippen LogP contribution in [0.25, 0.3) is 0 Å². The topological polar surface area (TPSA) is 58.2 Å². The lowest BCUT2D eigenvalue weighted by atomic mass is 10.1. The number of hydrogen-bond donors (Lipinski definition) is 2. The molecule has 0 aromatic heterocycles. The summed E-state index contributed by atoms with van der Waals surface area (Å²) in [4.78, 5) is 22.7. The van der Waals surface area contributed by atoms with Crippen LogP contribution in [0.2, 0.25) is 0 Å². The Morgan fingerprint density at radius 1 is 1.04 bits per heavy atom. The van der Waals surface area contributed by atoms with E-state index < -0.39 is 10.7 Å². The molecular weight excluding hydrogens is 335 g/mol. The van der Waals surface area contributed by atoms with E-state index >= 15 is 0 Å². The second-order valence-corrected chi connectivity index (χ2v) is 6.10. The molecule has 0 spiro atoms. The van der Waals surface area contributed by atoms with Crippen LogP contribution >= 0.6 is 23.2 Å². The van der Waals surface area contributed by atoms with E-state index in [2.05, 4.69) is 10.6 Å². The SMILES string of the molecule is Cc1ccc(CNC(=O)c2ccccc2NC(=O)C(Cl)Cl)cc1. The monoisotopic (exact) mass is 350 g/mol. The Labute approximate surface area is 144 Å². The molecule has 6 heteroatoms. The molecule has 4 nitrogen and oxygen atoms in total. The average molecular weight is 351 g/mol. The van der Waals surface area contributed by atoms with Crippen LogP contribution < -0.4 is 10.6 Å². The molecule has 2 N–H and O–H groups in total. The highest BCUT2D eigenvalue weighted by Gasteiger charge is 2.16. The van der Waals surface area contributed by atoms with Crippen molar-refractivity contribution >= 4 is 40.7 Å². The smallest absolute Gasteiger partial charge is 0.257 e. The molecule has 0 atom stereocenters. The second kappa shape index (κ2) is 7.99. The van der Waals surface area contributed by atoms with E-state index in [-0.39, 0.29) is 5.91 Å². The lowest BCUT2D eigenvalue weighted by Crippen LogP contribution is -2.26. The molecule has 0 radical (unpaired) electrons. The van der Waals surface area contributed by atoms with Gasteiger partial charge >= 0.3 is 0 Å². The highest BCUT2D eigenvalue weighted by molar-refractivity contribution is 6.54. The summed E-state index contributed by atoms with van der Waals surface area (Å²) in [7, 11) is 0. The molecule has 0 saturated carbocycles. The average Bonchev–Trinajstić information content (AvgIpc) is 2.54. The van der Waals surface area contributed by atoms with Crippen LogP contribution in [0.5, 0.6) is 0 Å². The minimum absolute atomic E-state index is 0.290. The number of nitrogens with one attached hydrogen (secondary N) is 2. The molecule has 2 aromatic carbocycles. The molecule has 0 aliphatic heterocycles. The number of benzene rings is 2. The third-order valence-electron chi connectivity index (χ3n) is 3.20. The highest BCUT2D eigenvalue weighted by Crippen LogP contribution is 2.17. The molecule has 0 fully saturated rings. The Morgan fingerprint density at radius 2 is 1.70 bits per heavy atom. The van der Waals surface area contributed by atoms with E-state index in [1.54, 1.807) is 24.3 Å². The van der Waals surface area contributed by atoms with Gasteiger partial charge in [-0.25, -0.2) is 0 Å². The minimum Gasteiger partial charge on any atom is -0.348 e. The van der Waals surface area contributed by atoms with E-state index in [0.29, 0.717) is 17.8 Å². The van der Waals surface area contributed by atoms with Crippen molar-refractivity contribution in [1.82, 2.24) is 5.32 Å². The summed E-state index contributed by atoms with van der Waals surface area (Å²) in [6, 6.07) is 14.5. The van der Waals surface area contributed by atoms with Gasteiger partial charge in [0.25, 0.3) is 11.8 Å². The molecule has 0 aliphatic carbocycles. The van der Waals surface area contributed by atoms with Gasteiger partial charge in [0.1, 0.15) is 0 Å². The Morgan fingerprint density at radius 3 is 2.35 bits per heavy atom. The third-order valence-corrected chi connectivity index (χ3v) is 3.60. The summed E-state index contributed by atoms with van der Waals surface area (Å²) in [6.07, 6.45) is 0. The quantitative estimate of drug-likeness (QED) is 0.808. The summed E-state index contributed by atoms with van der Waals surface area (Å²) in [5.74, 6) is -0.866. The number of carbonyl (C=O) groups excluding carboxylic acids is 2.